The number of aromatic hydroxyl groups is 2. The minimum Gasteiger partial charge on any atom is -0.508 e. The zero-order valence-corrected chi connectivity index (χ0v) is 24.6. The highest BCUT2D eigenvalue weighted by Gasteiger charge is 2.45. The van der Waals surface area contributed by atoms with Crippen molar-refractivity contribution in [2.75, 3.05) is 27.4 Å². The number of esters is 1. The predicted molar refractivity (Wildman–Crippen MR) is 153 cm³/mol. The van der Waals surface area contributed by atoms with Crippen LogP contribution in [0.4, 0.5) is 0 Å². The van der Waals surface area contributed by atoms with E-state index in [1.54, 1.807) is 6.07 Å². The van der Waals surface area contributed by atoms with Gasteiger partial charge in [0.05, 0.1) is 27.4 Å². The zero-order valence-electron chi connectivity index (χ0n) is 24.6. The molecule has 0 radical (unpaired) electrons. The van der Waals surface area contributed by atoms with Crippen molar-refractivity contribution in [2.24, 2.45) is 5.92 Å². The third-order valence-corrected chi connectivity index (χ3v) is 7.35. The normalized spacial score (nSPS) is 22.4. The molecule has 3 aromatic rings. The van der Waals surface area contributed by atoms with Crippen molar-refractivity contribution in [3.05, 3.63) is 40.1 Å². The standard InChI is InChI=1S/C30H36O14/c1-13(12-41-14(2)32)5-6-15-9-16(7-8-17(15)33)27-25(37)23(35)21-18(42-27)10-19(28(39-3)29(21)40-4)43-30-26(38)24(36)22(34)20(11-31)44-30/h7-10,13,20,22,24,26,30-31,33-34,36-38H,5-6,11-12H2,1-4H3/t13-,20+,22+,24-,26+,30-/m0/s1. The Morgan fingerprint density at radius 1 is 1.02 bits per heavy atom. The number of carbonyl (C=O) groups is 1. The third kappa shape index (κ3) is 6.54. The molecule has 44 heavy (non-hydrogen) atoms. The largest absolute Gasteiger partial charge is 0.508 e. The minimum absolute atomic E-state index is 0.00137. The second-order valence-corrected chi connectivity index (χ2v) is 10.5. The number of methoxy groups -OCH3 is 2. The van der Waals surface area contributed by atoms with E-state index in [4.69, 9.17) is 28.1 Å². The number of rotatable bonds is 11. The molecule has 1 aliphatic heterocycles. The lowest BCUT2D eigenvalue weighted by molar-refractivity contribution is -0.277. The van der Waals surface area contributed by atoms with Gasteiger partial charge < -0.3 is 58.7 Å². The third-order valence-electron chi connectivity index (χ3n) is 7.35. The van der Waals surface area contributed by atoms with E-state index < -0.39 is 48.5 Å². The van der Waals surface area contributed by atoms with Crippen LogP contribution in [0.1, 0.15) is 25.8 Å². The summed E-state index contributed by atoms with van der Waals surface area (Å²) in [6.07, 6.45) is -6.95. The van der Waals surface area contributed by atoms with Gasteiger partial charge in [-0.05, 0) is 42.5 Å². The van der Waals surface area contributed by atoms with Crippen molar-refractivity contribution >= 4 is 16.9 Å². The van der Waals surface area contributed by atoms with Crippen LogP contribution in [-0.2, 0) is 20.7 Å². The molecule has 6 atom stereocenters. The lowest BCUT2D eigenvalue weighted by Gasteiger charge is -2.39. The summed E-state index contributed by atoms with van der Waals surface area (Å²) in [4.78, 5) is 24.6. The van der Waals surface area contributed by atoms with Gasteiger partial charge in [0.2, 0.25) is 23.2 Å². The fraction of sp³-hybridized carbons (Fsp3) is 0.467. The minimum atomic E-state index is -1.74. The average Bonchev–Trinajstić information content (AvgIpc) is 3.00. The van der Waals surface area contributed by atoms with E-state index in [2.05, 4.69) is 0 Å². The van der Waals surface area contributed by atoms with Crippen LogP contribution in [0.15, 0.2) is 33.5 Å². The highest BCUT2D eigenvalue weighted by Crippen LogP contribution is 2.45. The molecule has 2 heterocycles. The molecule has 240 valence electrons. The van der Waals surface area contributed by atoms with Crippen LogP contribution in [0, 0.1) is 5.92 Å². The van der Waals surface area contributed by atoms with E-state index in [0.717, 1.165) is 0 Å². The Balaban J connectivity index is 1.76. The van der Waals surface area contributed by atoms with Gasteiger partial charge in [-0.15, -0.1) is 0 Å². The molecular weight excluding hydrogens is 584 g/mol. The summed E-state index contributed by atoms with van der Waals surface area (Å²) < 4.78 is 33.1. The number of fused-ring (bicyclic) bond motifs is 1. The Bertz CT molecular complexity index is 1550. The highest BCUT2D eigenvalue weighted by atomic mass is 16.7. The van der Waals surface area contributed by atoms with Crippen molar-refractivity contribution in [3.8, 4) is 40.1 Å². The fourth-order valence-electron chi connectivity index (χ4n) is 4.90. The molecule has 6 N–H and O–H groups in total. The van der Waals surface area contributed by atoms with Gasteiger partial charge in [0.1, 0.15) is 41.1 Å². The van der Waals surface area contributed by atoms with Gasteiger partial charge >= 0.3 is 5.97 Å². The van der Waals surface area contributed by atoms with Gasteiger partial charge in [-0.1, -0.05) is 6.92 Å². The zero-order chi connectivity index (χ0) is 32.3. The molecule has 0 bridgehead atoms. The summed E-state index contributed by atoms with van der Waals surface area (Å²) in [5.41, 5.74) is -0.212. The maximum atomic E-state index is 13.4. The summed E-state index contributed by atoms with van der Waals surface area (Å²) in [7, 11) is 2.50. The van der Waals surface area contributed by atoms with Crippen LogP contribution in [0.5, 0.6) is 28.7 Å². The number of aliphatic hydroxyl groups excluding tert-OH is 4. The molecule has 14 heteroatoms. The smallest absolute Gasteiger partial charge is 0.302 e. The molecule has 0 saturated carbocycles. The van der Waals surface area contributed by atoms with Crippen molar-refractivity contribution < 1.29 is 63.5 Å². The summed E-state index contributed by atoms with van der Waals surface area (Å²) >= 11 is 0. The van der Waals surface area contributed by atoms with E-state index in [1.165, 1.54) is 39.3 Å². The number of benzene rings is 2. The van der Waals surface area contributed by atoms with E-state index >= 15 is 0 Å². The number of aliphatic hydroxyl groups is 4. The van der Waals surface area contributed by atoms with E-state index in [9.17, 15) is 40.2 Å². The Morgan fingerprint density at radius 2 is 1.73 bits per heavy atom. The second kappa shape index (κ2) is 13.7. The molecule has 1 saturated heterocycles. The predicted octanol–water partition coefficient (Wildman–Crippen LogP) is 1.20. The number of carbonyl (C=O) groups excluding carboxylic acids is 1. The van der Waals surface area contributed by atoms with Gasteiger partial charge in [0.15, 0.2) is 17.3 Å². The monoisotopic (exact) mass is 620 g/mol. The number of hydrogen-bond donors (Lipinski definition) is 6. The first kappa shape index (κ1) is 32.8. The van der Waals surface area contributed by atoms with Crippen LogP contribution in [0.3, 0.4) is 0 Å². The maximum Gasteiger partial charge on any atom is 0.302 e. The SMILES string of the molecule is COc1c(O[C@H]2O[C@H](CO)[C@@H](O)[C@H](O)[C@H]2O)cc2oc(-c3ccc(O)c(CC[C@H](C)COC(C)=O)c3)c(O)c(=O)c2c1OC. The topological polar surface area (TPSA) is 215 Å². The van der Waals surface area contributed by atoms with Crippen molar-refractivity contribution in [3.63, 3.8) is 0 Å². The molecule has 1 aromatic heterocycles. The van der Waals surface area contributed by atoms with Gasteiger partial charge in [-0.2, -0.15) is 0 Å². The van der Waals surface area contributed by atoms with Crippen molar-refractivity contribution in [1.82, 2.24) is 0 Å². The highest BCUT2D eigenvalue weighted by molar-refractivity contribution is 5.91. The second-order valence-electron chi connectivity index (χ2n) is 10.5. The van der Waals surface area contributed by atoms with Crippen LogP contribution in [-0.4, -0.2) is 94.7 Å². The summed E-state index contributed by atoms with van der Waals surface area (Å²) in [5, 5.41) is 61.5. The van der Waals surface area contributed by atoms with Crippen LogP contribution in [0.2, 0.25) is 0 Å². The summed E-state index contributed by atoms with van der Waals surface area (Å²) in [6, 6.07) is 5.65. The van der Waals surface area contributed by atoms with Crippen LogP contribution in [0.25, 0.3) is 22.3 Å². The molecule has 1 aliphatic rings. The molecule has 2 aromatic carbocycles. The lowest BCUT2D eigenvalue weighted by Crippen LogP contribution is -2.60. The number of hydrogen-bond acceptors (Lipinski definition) is 14. The van der Waals surface area contributed by atoms with E-state index in [0.29, 0.717) is 18.4 Å². The van der Waals surface area contributed by atoms with Gasteiger partial charge in [0.25, 0.3) is 0 Å². The Kier molecular flexibility index (Phi) is 10.2. The van der Waals surface area contributed by atoms with E-state index in [-0.39, 0.29) is 63.8 Å². The van der Waals surface area contributed by atoms with Gasteiger partial charge in [-0.3, -0.25) is 9.59 Å². The molecule has 0 spiro atoms. The van der Waals surface area contributed by atoms with Crippen molar-refractivity contribution in [1.29, 1.82) is 0 Å². The molecule has 0 aliphatic carbocycles. The molecule has 14 nitrogen and oxygen atoms in total. The number of phenolic OH excluding ortho intramolecular Hbond substituents is 1. The Morgan fingerprint density at radius 3 is 2.36 bits per heavy atom. The van der Waals surface area contributed by atoms with Crippen LogP contribution >= 0.6 is 0 Å². The summed E-state index contributed by atoms with van der Waals surface area (Å²) in [6.45, 7) is 2.75. The summed E-state index contributed by atoms with van der Waals surface area (Å²) in [5.74, 6) is -1.83. The van der Waals surface area contributed by atoms with Gasteiger partial charge in [0, 0.05) is 18.6 Å². The number of phenols is 1. The van der Waals surface area contributed by atoms with Crippen molar-refractivity contribution in [2.45, 2.75) is 57.4 Å². The fourth-order valence-corrected chi connectivity index (χ4v) is 4.90. The Labute approximate surface area is 251 Å². The van der Waals surface area contributed by atoms with Crippen LogP contribution < -0.4 is 19.6 Å². The average molecular weight is 621 g/mol. The first-order valence-electron chi connectivity index (χ1n) is 13.8. The quantitative estimate of drug-likeness (QED) is 0.166. The molecule has 4 rings (SSSR count). The molecule has 1 fully saturated rings. The van der Waals surface area contributed by atoms with Gasteiger partial charge in [-0.25, -0.2) is 0 Å². The lowest BCUT2D eigenvalue weighted by atomic mass is 9.98. The maximum absolute atomic E-state index is 13.4. The number of aryl methyl sites for hydroxylation is 1. The molecule has 0 amide bonds. The first-order chi connectivity index (χ1) is 20.9. The molecular formula is C30H36O14. The Hall–Kier alpha value is -4.08. The first-order valence-corrected chi connectivity index (χ1v) is 13.8. The van der Waals surface area contributed by atoms with E-state index in [1.807, 2.05) is 6.92 Å². The molecule has 0 unspecified atom stereocenters. The number of ether oxygens (including phenoxy) is 5.